The minimum Gasteiger partial charge on any atom is -0.293 e. The molecule has 0 fully saturated rings. The highest BCUT2D eigenvalue weighted by molar-refractivity contribution is 8.08. The van der Waals surface area contributed by atoms with Gasteiger partial charge in [0, 0.05) is 25.9 Å². The molecule has 0 unspecified atom stereocenters. The van der Waals surface area contributed by atoms with Gasteiger partial charge in [-0.25, -0.2) is 8.42 Å². The molecule has 0 saturated heterocycles. The summed E-state index contributed by atoms with van der Waals surface area (Å²) in [5.41, 5.74) is 0. The van der Waals surface area contributed by atoms with Gasteiger partial charge in [0.1, 0.15) is 11.7 Å². The lowest BCUT2D eigenvalue weighted by atomic mass is 10.0. The van der Waals surface area contributed by atoms with Crippen LogP contribution < -0.4 is 9.44 Å². The van der Waals surface area contributed by atoms with Gasteiger partial charge in [-0.2, -0.15) is 0 Å². The van der Waals surface area contributed by atoms with Crippen LogP contribution in [0.4, 0.5) is 0 Å². The maximum atomic E-state index is 11.8. The van der Waals surface area contributed by atoms with E-state index in [0.717, 1.165) is 89.6 Å². The first-order valence-electron chi connectivity index (χ1n) is 14.0. The largest absolute Gasteiger partial charge is 0.293 e. The predicted octanol–water partition coefficient (Wildman–Crippen LogP) is 6.26. The Morgan fingerprint density at radius 3 is 1.05 bits per heavy atom. The highest BCUT2D eigenvalue weighted by Crippen LogP contribution is 2.14. The molecule has 0 aliphatic heterocycles. The van der Waals surface area contributed by atoms with Gasteiger partial charge in [0.15, 0.2) is 19.6 Å². The summed E-state index contributed by atoms with van der Waals surface area (Å²) in [7, 11) is -9.60. The summed E-state index contributed by atoms with van der Waals surface area (Å²) >= 11 is 0. The fourth-order valence-corrected chi connectivity index (χ4v) is 5.21. The molecule has 0 radical (unpaired) electrons. The quantitative estimate of drug-likeness (QED) is 0.0509. The van der Waals surface area contributed by atoms with Gasteiger partial charge in [-0.3, -0.25) is 37.6 Å². The van der Waals surface area contributed by atoms with Crippen molar-refractivity contribution in [1.29, 1.82) is 0 Å². The fourth-order valence-electron chi connectivity index (χ4n) is 3.79. The molecular formula is C25H56N4O6S2. The predicted molar refractivity (Wildman–Crippen MR) is 159 cm³/mol. The van der Waals surface area contributed by atoms with Crippen molar-refractivity contribution in [3.05, 3.63) is 0 Å². The van der Waals surface area contributed by atoms with Gasteiger partial charge in [0.05, 0.1) is 12.5 Å². The molecule has 0 aromatic heterocycles. The zero-order chi connectivity index (χ0) is 28.3. The third-order valence-corrected chi connectivity index (χ3v) is 7.07. The van der Waals surface area contributed by atoms with Crippen LogP contribution in [-0.2, 0) is 19.6 Å². The first-order chi connectivity index (χ1) is 17.1. The molecule has 0 rings (SSSR count). The number of nitrogens with one attached hydrogen (secondary N) is 2. The SMILES string of the molecule is CCCCN=C(CCCCCCCCCCCCCC(=NCCCC)NS(C)(=O)(O)O)NS(C)(=O)(O)O. The van der Waals surface area contributed by atoms with Crippen molar-refractivity contribution in [1.82, 2.24) is 9.44 Å². The number of hydrogen-bond acceptors (Lipinski definition) is 4. The van der Waals surface area contributed by atoms with Crippen molar-refractivity contribution in [3.8, 4) is 0 Å². The summed E-state index contributed by atoms with van der Waals surface area (Å²) < 4.78 is 66.6. The van der Waals surface area contributed by atoms with Crippen LogP contribution in [0.5, 0.6) is 0 Å². The van der Waals surface area contributed by atoms with Crippen molar-refractivity contribution in [2.75, 3.05) is 25.6 Å². The minimum atomic E-state index is -4.80. The molecule has 12 heteroatoms. The molecule has 37 heavy (non-hydrogen) atoms. The van der Waals surface area contributed by atoms with E-state index in [2.05, 4.69) is 33.3 Å². The van der Waals surface area contributed by atoms with Crippen LogP contribution in [-0.4, -0.2) is 63.9 Å². The molecule has 0 heterocycles. The lowest BCUT2D eigenvalue weighted by Gasteiger charge is -2.28. The van der Waals surface area contributed by atoms with E-state index in [1.54, 1.807) is 0 Å². The molecule has 224 valence electrons. The van der Waals surface area contributed by atoms with E-state index in [9.17, 15) is 26.6 Å². The number of rotatable bonds is 22. The van der Waals surface area contributed by atoms with Crippen molar-refractivity contribution in [2.45, 2.75) is 123 Å². The Hall–Kier alpha value is -0.920. The van der Waals surface area contributed by atoms with Gasteiger partial charge in [0.2, 0.25) is 0 Å². The normalized spacial score (nSPS) is 15.6. The Morgan fingerprint density at radius 1 is 0.541 bits per heavy atom. The Morgan fingerprint density at radius 2 is 0.811 bits per heavy atom. The van der Waals surface area contributed by atoms with E-state index in [1.807, 2.05) is 0 Å². The summed E-state index contributed by atoms with van der Waals surface area (Å²) in [5.74, 6) is 0.813. The topological polar surface area (TPSA) is 164 Å². The number of unbranched alkanes of at least 4 members (excludes halogenated alkanes) is 12. The highest BCUT2D eigenvalue weighted by atomic mass is 32.3. The number of hydrogen-bond donors (Lipinski definition) is 6. The van der Waals surface area contributed by atoms with Crippen molar-refractivity contribution >= 4 is 31.3 Å². The van der Waals surface area contributed by atoms with Crippen LogP contribution in [0.3, 0.4) is 0 Å². The summed E-state index contributed by atoms with van der Waals surface area (Å²) in [6.07, 6.45) is 18.5. The summed E-state index contributed by atoms with van der Waals surface area (Å²) in [4.78, 5) is 8.69. The first-order valence-corrected chi connectivity index (χ1v) is 18.6. The zero-order valence-corrected chi connectivity index (χ0v) is 25.4. The second-order valence-corrected chi connectivity index (χ2v) is 15.8. The molecule has 0 aromatic rings. The third-order valence-electron chi connectivity index (χ3n) is 5.66. The van der Waals surface area contributed by atoms with Crippen molar-refractivity contribution in [3.63, 3.8) is 0 Å². The summed E-state index contributed by atoms with van der Waals surface area (Å²) in [6, 6.07) is 0. The monoisotopic (exact) mass is 572 g/mol. The molecule has 0 amide bonds. The lowest BCUT2D eigenvalue weighted by molar-refractivity contribution is 0.389. The summed E-state index contributed by atoms with van der Waals surface area (Å²) in [6.45, 7) is 5.28. The van der Waals surface area contributed by atoms with E-state index < -0.39 is 19.6 Å². The van der Waals surface area contributed by atoms with Crippen LogP contribution in [0.1, 0.15) is 123 Å². The van der Waals surface area contributed by atoms with E-state index >= 15 is 0 Å². The van der Waals surface area contributed by atoms with Gasteiger partial charge in [-0.05, 0) is 25.7 Å². The van der Waals surface area contributed by atoms with E-state index in [0.29, 0.717) is 37.6 Å². The number of nitrogens with zero attached hydrogens (tertiary/aromatic N) is 2. The van der Waals surface area contributed by atoms with Gasteiger partial charge in [-0.15, -0.1) is 0 Å². The third kappa shape index (κ3) is 27.9. The molecule has 0 saturated carbocycles. The first kappa shape index (κ1) is 36.1. The highest BCUT2D eigenvalue weighted by Gasteiger charge is 2.23. The Bertz CT molecular complexity index is 732. The molecule has 6 N–H and O–H groups in total. The molecule has 0 aliphatic rings. The fraction of sp³-hybridized carbons (Fsp3) is 0.920. The lowest BCUT2D eigenvalue weighted by Crippen LogP contribution is -2.48. The van der Waals surface area contributed by atoms with Crippen LogP contribution in [0.15, 0.2) is 9.98 Å². The average molecular weight is 573 g/mol. The van der Waals surface area contributed by atoms with Crippen molar-refractivity contribution < 1.29 is 26.6 Å². The Labute approximate surface area is 225 Å². The molecule has 0 aromatic carbocycles. The van der Waals surface area contributed by atoms with E-state index in [1.165, 1.54) is 19.3 Å². The smallest absolute Gasteiger partial charge is 0.154 e. The molecule has 10 nitrogen and oxygen atoms in total. The minimum absolute atomic E-state index is 0.406. The van der Waals surface area contributed by atoms with Crippen LogP contribution in [0.2, 0.25) is 0 Å². The van der Waals surface area contributed by atoms with Gasteiger partial charge < -0.3 is 0 Å². The standard InChI is InChI=1S/C25H56N4O6S2/c1-5-7-22-26-24(28-36(3,30,31)32)20-18-16-14-12-10-9-11-13-15-17-19-21-25(27-23-8-6-2)29-37(4,33,34)35/h5-23H2,1-4H3,(H3,26,28,30,31,32)(H3,27,29,33,34,35). The van der Waals surface area contributed by atoms with E-state index in [4.69, 9.17) is 0 Å². The zero-order valence-electron chi connectivity index (χ0n) is 23.8. The number of aliphatic imine (C=N–C) groups is 2. The van der Waals surface area contributed by atoms with Gasteiger partial charge in [0.25, 0.3) is 0 Å². The van der Waals surface area contributed by atoms with Crippen LogP contribution in [0.25, 0.3) is 0 Å². The van der Waals surface area contributed by atoms with Gasteiger partial charge >= 0.3 is 0 Å². The second-order valence-electron chi connectivity index (χ2n) is 10.4. The second kappa shape index (κ2) is 17.6. The Kier molecular flexibility index (Phi) is 17.2. The maximum Gasteiger partial charge on any atom is 0.154 e. The van der Waals surface area contributed by atoms with Crippen molar-refractivity contribution in [2.24, 2.45) is 9.98 Å². The van der Waals surface area contributed by atoms with E-state index in [-0.39, 0.29) is 0 Å². The van der Waals surface area contributed by atoms with Crippen LogP contribution in [0, 0.1) is 0 Å². The molecule has 0 bridgehead atoms. The van der Waals surface area contributed by atoms with Gasteiger partial charge in [-0.1, -0.05) is 84.5 Å². The van der Waals surface area contributed by atoms with Crippen LogP contribution >= 0.6 is 0 Å². The Balaban J connectivity index is 3.96. The molecule has 0 atom stereocenters. The number of amidine groups is 2. The summed E-state index contributed by atoms with van der Waals surface area (Å²) in [5, 5.41) is 0. The molecule has 0 spiro atoms. The maximum absolute atomic E-state index is 11.8. The average Bonchev–Trinajstić information content (AvgIpc) is 2.73. The molecule has 0 aliphatic carbocycles. The molecular weight excluding hydrogens is 516 g/mol.